The molecule has 1 unspecified atom stereocenters. The van der Waals surface area contributed by atoms with Crippen LogP contribution >= 0.6 is 0 Å². The van der Waals surface area contributed by atoms with Crippen LogP contribution in [0, 0.1) is 6.92 Å². The molecule has 1 atom stereocenters. The second-order valence-corrected chi connectivity index (χ2v) is 6.17. The number of likely N-dealkylation sites (N-methyl/N-ethyl adjacent to an activating group) is 1. The molecular formula is C17H27N3O2. The molecule has 0 saturated heterocycles. The first-order chi connectivity index (χ1) is 10.6. The first kappa shape index (κ1) is 16.7. The Hall–Kier alpha value is -1.62. The standard InChI is InChI=1S/C17H27N3O2/c1-13-11-16(19-22-13)12-20(3)14(2)17(21)18-10-9-15-7-5-4-6-8-15/h7,11,14H,4-6,8-10,12H2,1-3H3,(H,18,21). The molecule has 1 amide bonds. The lowest BCUT2D eigenvalue weighted by Crippen LogP contribution is -2.43. The zero-order valence-corrected chi connectivity index (χ0v) is 13.9. The number of carbonyl (C=O) groups excluding carboxylic acids is 1. The maximum Gasteiger partial charge on any atom is 0.237 e. The molecule has 5 heteroatoms. The van der Waals surface area contributed by atoms with Gasteiger partial charge in [0.1, 0.15) is 5.76 Å². The number of rotatable bonds is 7. The lowest BCUT2D eigenvalue weighted by molar-refractivity contribution is -0.125. The van der Waals surface area contributed by atoms with Gasteiger partial charge in [0.2, 0.25) is 5.91 Å². The van der Waals surface area contributed by atoms with Gasteiger partial charge in [-0.25, -0.2) is 0 Å². The van der Waals surface area contributed by atoms with E-state index in [4.69, 9.17) is 4.52 Å². The minimum absolute atomic E-state index is 0.0686. The van der Waals surface area contributed by atoms with Crippen molar-refractivity contribution < 1.29 is 9.32 Å². The number of aryl methyl sites for hydroxylation is 1. The second kappa shape index (κ2) is 8.13. The van der Waals surface area contributed by atoms with Crippen LogP contribution in [0.5, 0.6) is 0 Å². The Kier molecular flexibility index (Phi) is 6.19. The van der Waals surface area contributed by atoms with Gasteiger partial charge >= 0.3 is 0 Å². The van der Waals surface area contributed by atoms with Crippen LogP contribution in [0.25, 0.3) is 0 Å². The average molecular weight is 305 g/mol. The molecule has 122 valence electrons. The molecule has 0 aromatic carbocycles. The fraction of sp³-hybridized carbons (Fsp3) is 0.647. The maximum absolute atomic E-state index is 12.2. The number of nitrogens with zero attached hydrogens (tertiary/aromatic N) is 2. The van der Waals surface area contributed by atoms with Crippen LogP contribution in [-0.2, 0) is 11.3 Å². The largest absolute Gasteiger partial charge is 0.361 e. The topological polar surface area (TPSA) is 58.4 Å². The van der Waals surface area contributed by atoms with Crippen molar-refractivity contribution in [3.8, 4) is 0 Å². The van der Waals surface area contributed by atoms with Crippen LogP contribution in [-0.4, -0.2) is 35.6 Å². The Bertz CT molecular complexity index is 522. The van der Waals surface area contributed by atoms with Gasteiger partial charge in [0.15, 0.2) is 0 Å². The second-order valence-electron chi connectivity index (χ2n) is 6.17. The zero-order chi connectivity index (χ0) is 15.9. The molecule has 0 fully saturated rings. The molecule has 0 aliphatic heterocycles. The van der Waals surface area contributed by atoms with E-state index in [0.29, 0.717) is 6.54 Å². The summed E-state index contributed by atoms with van der Waals surface area (Å²) in [6, 6.07) is 1.72. The molecular weight excluding hydrogens is 278 g/mol. The minimum Gasteiger partial charge on any atom is -0.361 e. The van der Waals surface area contributed by atoms with Crippen molar-refractivity contribution in [1.29, 1.82) is 0 Å². The van der Waals surface area contributed by atoms with Gasteiger partial charge in [-0.05, 0) is 53.0 Å². The first-order valence-electron chi connectivity index (χ1n) is 8.14. The molecule has 1 N–H and O–H groups in total. The van der Waals surface area contributed by atoms with Crippen molar-refractivity contribution >= 4 is 5.91 Å². The summed E-state index contributed by atoms with van der Waals surface area (Å²) in [7, 11) is 1.93. The number of aromatic nitrogens is 1. The normalized spacial score (nSPS) is 16.5. The summed E-state index contributed by atoms with van der Waals surface area (Å²) in [6.45, 7) is 5.12. The molecule has 0 spiro atoms. The molecule has 1 aromatic rings. The minimum atomic E-state index is -0.183. The Morgan fingerprint density at radius 1 is 1.50 bits per heavy atom. The van der Waals surface area contributed by atoms with Crippen LogP contribution in [0.3, 0.4) is 0 Å². The van der Waals surface area contributed by atoms with E-state index in [0.717, 1.165) is 24.4 Å². The van der Waals surface area contributed by atoms with Crippen LogP contribution < -0.4 is 5.32 Å². The third-order valence-corrected chi connectivity index (χ3v) is 4.26. The number of carbonyl (C=O) groups is 1. The van der Waals surface area contributed by atoms with E-state index in [-0.39, 0.29) is 11.9 Å². The molecule has 1 heterocycles. The summed E-state index contributed by atoms with van der Waals surface area (Å²) in [4.78, 5) is 14.2. The van der Waals surface area contributed by atoms with Gasteiger partial charge in [-0.1, -0.05) is 16.8 Å². The van der Waals surface area contributed by atoms with Crippen molar-refractivity contribution in [2.75, 3.05) is 13.6 Å². The van der Waals surface area contributed by atoms with Crippen LogP contribution in [0.4, 0.5) is 0 Å². The van der Waals surface area contributed by atoms with Crippen molar-refractivity contribution in [2.24, 2.45) is 0 Å². The quantitative estimate of drug-likeness (QED) is 0.787. The molecule has 2 rings (SSSR count). The van der Waals surface area contributed by atoms with E-state index >= 15 is 0 Å². The van der Waals surface area contributed by atoms with Crippen molar-refractivity contribution in [3.63, 3.8) is 0 Å². The predicted molar refractivity (Wildman–Crippen MR) is 86.3 cm³/mol. The van der Waals surface area contributed by atoms with Crippen LogP contribution in [0.15, 0.2) is 22.2 Å². The summed E-state index contributed by atoms with van der Waals surface area (Å²) in [5.41, 5.74) is 2.35. The highest BCUT2D eigenvalue weighted by Gasteiger charge is 2.19. The number of hydrogen-bond donors (Lipinski definition) is 1. The maximum atomic E-state index is 12.2. The van der Waals surface area contributed by atoms with E-state index < -0.39 is 0 Å². The third-order valence-electron chi connectivity index (χ3n) is 4.26. The highest BCUT2D eigenvalue weighted by Crippen LogP contribution is 2.19. The highest BCUT2D eigenvalue weighted by atomic mass is 16.5. The van der Waals surface area contributed by atoms with E-state index in [1.807, 2.05) is 31.9 Å². The fourth-order valence-corrected chi connectivity index (χ4v) is 2.71. The van der Waals surface area contributed by atoms with Gasteiger partial charge in [0, 0.05) is 19.2 Å². The van der Waals surface area contributed by atoms with Gasteiger partial charge < -0.3 is 9.84 Å². The first-order valence-corrected chi connectivity index (χ1v) is 8.14. The van der Waals surface area contributed by atoms with E-state index in [1.165, 1.54) is 31.3 Å². The SMILES string of the molecule is Cc1cc(CN(C)C(C)C(=O)NCCC2=CCCCC2)no1. The van der Waals surface area contributed by atoms with Crippen LogP contribution in [0.2, 0.25) is 0 Å². The van der Waals surface area contributed by atoms with E-state index in [9.17, 15) is 4.79 Å². The Morgan fingerprint density at radius 3 is 2.95 bits per heavy atom. The third kappa shape index (κ3) is 4.98. The summed E-state index contributed by atoms with van der Waals surface area (Å²) >= 11 is 0. The Balaban J connectivity index is 1.72. The number of amides is 1. The molecule has 1 aliphatic carbocycles. The van der Waals surface area contributed by atoms with Crippen LogP contribution in [0.1, 0.15) is 50.5 Å². The molecule has 0 saturated carbocycles. The smallest absolute Gasteiger partial charge is 0.237 e. The summed E-state index contributed by atoms with van der Waals surface area (Å²) < 4.78 is 5.05. The van der Waals surface area contributed by atoms with Gasteiger partial charge in [-0.3, -0.25) is 9.69 Å². The lowest BCUT2D eigenvalue weighted by atomic mass is 9.97. The van der Waals surface area contributed by atoms with Gasteiger partial charge in [-0.2, -0.15) is 0 Å². The zero-order valence-electron chi connectivity index (χ0n) is 13.9. The number of allylic oxidation sites excluding steroid dienone is 1. The molecule has 5 nitrogen and oxygen atoms in total. The fourth-order valence-electron chi connectivity index (χ4n) is 2.71. The van der Waals surface area contributed by atoms with Crippen molar-refractivity contribution in [1.82, 2.24) is 15.4 Å². The monoisotopic (exact) mass is 305 g/mol. The highest BCUT2D eigenvalue weighted by molar-refractivity contribution is 5.81. The predicted octanol–water partition coefficient (Wildman–Crippen LogP) is 2.81. The van der Waals surface area contributed by atoms with Crippen molar-refractivity contribution in [3.05, 3.63) is 29.2 Å². The molecule has 22 heavy (non-hydrogen) atoms. The summed E-state index contributed by atoms with van der Waals surface area (Å²) in [6.07, 6.45) is 8.29. The Labute approximate surface area is 132 Å². The van der Waals surface area contributed by atoms with E-state index in [1.54, 1.807) is 0 Å². The molecule has 1 aliphatic rings. The molecule has 1 aromatic heterocycles. The Morgan fingerprint density at radius 2 is 2.32 bits per heavy atom. The average Bonchev–Trinajstić information content (AvgIpc) is 2.92. The van der Waals surface area contributed by atoms with Gasteiger partial charge in [0.25, 0.3) is 0 Å². The summed E-state index contributed by atoms with van der Waals surface area (Å²) in [5.74, 6) is 0.861. The molecule has 0 bridgehead atoms. The number of hydrogen-bond acceptors (Lipinski definition) is 4. The lowest BCUT2D eigenvalue weighted by Gasteiger charge is -2.23. The van der Waals surface area contributed by atoms with E-state index in [2.05, 4.69) is 16.5 Å². The van der Waals surface area contributed by atoms with Crippen molar-refractivity contribution in [2.45, 2.75) is 58.5 Å². The number of nitrogens with one attached hydrogen (secondary N) is 1. The molecule has 0 radical (unpaired) electrons. The van der Waals surface area contributed by atoms with Gasteiger partial charge in [0.05, 0.1) is 11.7 Å². The summed E-state index contributed by atoms with van der Waals surface area (Å²) in [5, 5.41) is 7.00. The van der Waals surface area contributed by atoms with Gasteiger partial charge in [-0.15, -0.1) is 0 Å².